The Labute approximate surface area is 335 Å². The molecular formula is C46H81NO8. The van der Waals surface area contributed by atoms with E-state index in [4.69, 9.17) is 9.47 Å². The van der Waals surface area contributed by atoms with Crippen molar-refractivity contribution in [3.8, 4) is 0 Å². The highest BCUT2D eigenvalue weighted by molar-refractivity contribution is 5.76. The molecule has 9 nitrogen and oxygen atoms in total. The molecule has 1 saturated heterocycles. The number of rotatable bonds is 35. The van der Waals surface area contributed by atoms with Crippen molar-refractivity contribution in [2.24, 2.45) is 0 Å². The smallest absolute Gasteiger partial charge is 0.220 e. The first-order valence-electron chi connectivity index (χ1n) is 22.0. The number of aliphatic hydroxyl groups excluding tert-OH is 5. The van der Waals surface area contributed by atoms with Gasteiger partial charge in [-0.25, -0.2) is 0 Å². The zero-order chi connectivity index (χ0) is 40.2. The number of ether oxygens (including phenoxy) is 2. The number of unbranched alkanes of at least 4 members (excludes halogenated alkanes) is 17. The number of carbonyl (C=O) groups is 1. The van der Waals surface area contributed by atoms with Gasteiger partial charge in [-0.3, -0.25) is 4.79 Å². The summed E-state index contributed by atoms with van der Waals surface area (Å²) in [5.74, 6) is -0.235. The molecule has 55 heavy (non-hydrogen) atoms. The molecule has 0 aromatic heterocycles. The van der Waals surface area contributed by atoms with E-state index in [1.165, 1.54) is 96.3 Å². The van der Waals surface area contributed by atoms with Gasteiger partial charge in [0.1, 0.15) is 24.4 Å². The van der Waals surface area contributed by atoms with E-state index < -0.39 is 49.5 Å². The summed E-state index contributed by atoms with van der Waals surface area (Å²) < 4.78 is 11.2. The quantitative estimate of drug-likeness (QED) is 0.0277. The second-order valence-corrected chi connectivity index (χ2v) is 15.1. The van der Waals surface area contributed by atoms with Crippen molar-refractivity contribution < 1.29 is 39.8 Å². The molecule has 1 rings (SSSR count). The SMILES string of the molecule is CCCCCCCCC/C=C/C/C=C/C/C=C/C/C=C/CCCC(=O)N[C@@H](CO[C@H]1O[C@@H](CO)[C@H](O)C(O)C1O)[C@H](O)/C=C/CCCCCCCCCCC. The Morgan fingerprint density at radius 2 is 1.07 bits per heavy atom. The van der Waals surface area contributed by atoms with Gasteiger partial charge in [0.05, 0.1) is 25.4 Å². The molecule has 0 aromatic rings. The second kappa shape index (κ2) is 36.2. The van der Waals surface area contributed by atoms with Gasteiger partial charge >= 0.3 is 0 Å². The molecule has 0 aliphatic carbocycles. The second-order valence-electron chi connectivity index (χ2n) is 15.1. The van der Waals surface area contributed by atoms with Crippen LogP contribution in [-0.2, 0) is 14.3 Å². The maximum absolute atomic E-state index is 12.9. The van der Waals surface area contributed by atoms with Gasteiger partial charge in [0.15, 0.2) is 6.29 Å². The number of carbonyl (C=O) groups excluding carboxylic acids is 1. The fourth-order valence-corrected chi connectivity index (χ4v) is 6.50. The first-order chi connectivity index (χ1) is 26.8. The zero-order valence-electron chi connectivity index (χ0n) is 34.7. The molecule has 6 N–H and O–H groups in total. The predicted molar refractivity (Wildman–Crippen MR) is 226 cm³/mol. The van der Waals surface area contributed by atoms with E-state index in [-0.39, 0.29) is 18.9 Å². The summed E-state index contributed by atoms with van der Waals surface area (Å²) in [4.78, 5) is 12.9. The van der Waals surface area contributed by atoms with E-state index in [2.05, 4.69) is 67.8 Å². The maximum Gasteiger partial charge on any atom is 0.220 e. The highest BCUT2D eigenvalue weighted by Gasteiger charge is 2.44. The molecule has 1 fully saturated rings. The van der Waals surface area contributed by atoms with Gasteiger partial charge in [0.2, 0.25) is 5.91 Å². The summed E-state index contributed by atoms with van der Waals surface area (Å²) in [6, 6.07) is -0.833. The highest BCUT2D eigenvalue weighted by Crippen LogP contribution is 2.22. The van der Waals surface area contributed by atoms with Gasteiger partial charge in [-0.05, 0) is 57.8 Å². The summed E-state index contributed by atoms with van der Waals surface area (Å²) in [5.41, 5.74) is 0. The monoisotopic (exact) mass is 776 g/mol. The average Bonchev–Trinajstić information content (AvgIpc) is 3.18. The third-order valence-corrected chi connectivity index (χ3v) is 10.1. The van der Waals surface area contributed by atoms with Crippen LogP contribution < -0.4 is 5.32 Å². The van der Waals surface area contributed by atoms with E-state index in [1.54, 1.807) is 6.08 Å². The molecule has 2 unspecified atom stereocenters. The van der Waals surface area contributed by atoms with Gasteiger partial charge in [0, 0.05) is 6.42 Å². The maximum atomic E-state index is 12.9. The Morgan fingerprint density at radius 1 is 0.618 bits per heavy atom. The first kappa shape index (κ1) is 50.9. The van der Waals surface area contributed by atoms with E-state index in [9.17, 15) is 30.3 Å². The van der Waals surface area contributed by atoms with Crippen LogP contribution in [0.1, 0.15) is 168 Å². The summed E-state index contributed by atoms with van der Waals surface area (Å²) in [6.45, 7) is 3.70. The van der Waals surface area contributed by atoms with Crippen molar-refractivity contribution in [3.05, 3.63) is 60.8 Å². The Hall–Kier alpha value is -2.11. The van der Waals surface area contributed by atoms with Gasteiger partial charge in [-0.2, -0.15) is 0 Å². The molecule has 0 bridgehead atoms. The van der Waals surface area contributed by atoms with Crippen LogP contribution in [0.5, 0.6) is 0 Å². The molecule has 0 aromatic carbocycles. The van der Waals surface area contributed by atoms with Crippen LogP contribution in [0.3, 0.4) is 0 Å². The van der Waals surface area contributed by atoms with Gasteiger partial charge in [0.25, 0.3) is 0 Å². The average molecular weight is 776 g/mol. The third-order valence-electron chi connectivity index (χ3n) is 10.1. The number of allylic oxidation sites excluding steroid dienone is 9. The Morgan fingerprint density at radius 3 is 1.58 bits per heavy atom. The predicted octanol–water partition coefficient (Wildman–Crippen LogP) is 8.83. The van der Waals surface area contributed by atoms with Crippen LogP contribution >= 0.6 is 0 Å². The van der Waals surface area contributed by atoms with Crippen LogP contribution in [0.25, 0.3) is 0 Å². The van der Waals surface area contributed by atoms with Crippen LogP contribution in [0.15, 0.2) is 60.8 Å². The fraction of sp³-hybridized carbons (Fsp3) is 0.761. The molecule has 1 aliphatic rings. The van der Waals surface area contributed by atoms with Crippen LogP contribution in [0.4, 0.5) is 0 Å². The molecule has 0 radical (unpaired) electrons. The molecule has 1 heterocycles. The molecule has 318 valence electrons. The lowest BCUT2D eigenvalue weighted by Crippen LogP contribution is -2.60. The minimum absolute atomic E-state index is 0.213. The van der Waals surface area contributed by atoms with Crippen molar-refractivity contribution in [2.45, 2.75) is 211 Å². The van der Waals surface area contributed by atoms with Crippen LogP contribution in [0, 0.1) is 0 Å². The number of nitrogens with one attached hydrogen (secondary N) is 1. The molecule has 7 atom stereocenters. The van der Waals surface area contributed by atoms with Crippen molar-refractivity contribution in [2.75, 3.05) is 13.2 Å². The minimum Gasteiger partial charge on any atom is -0.394 e. The standard InChI is InChI=1S/C46H81NO8/c1-3-5-7-9-11-13-15-16-17-18-19-20-21-22-23-24-26-28-30-32-34-36-42(50)47-39(38-54-46-45(53)44(52)43(51)41(37-48)55-46)40(49)35-33-31-29-27-25-14-12-10-8-6-4-2/h17-18,20-21,23-24,28,30,33,35,39-41,43-46,48-49,51-53H,3-16,19,22,25-27,29,31-32,34,36-38H2,1-2H3,(H,47,50)/b18-17+,21-20+,24-23+,30-28+,35-33+/t39-,40+,41-,43-,44?,45?,46-/m0/s1. The van der Waals surface area contributed by atoms with Crippen LogP contribution in [0.2, 0.25) is 0 Å². The van der Waals surface area contributed by atoms with Gasteiger partial charge in [-0.15, -0.1) is 0 Å². The lowest BCUT2D eigenvalue weighted by Gasteiger charge is -2.40. The van der Waals surface area contributed by atoms with Crippen molar-refractivity contribution in [1.82, 2.24) is 5.32 Å². The Balaban J connectivity index is 2.41. The summed E-state index contributed by atoms with van der Waals surface area (Å²) in [6.07, 6.45) is 39.9. The van der Waals surface area contributed by atoms with E-state index in [1.807, 2.05) is 6.08 Å². The van der Waals surface area contributed by atoms with E-state index >= 15 is 0 Å². The molecular weight excluding hydrogens is 695 g/mol. The molecule has 0 saturated carbocycles. The van der Waals surface area contributed by atoms with Crippen molar-refractivity contribution in [1.29, 1.82) is 0 Å². The van der Waals surface area contributed by atoms with Crippen molar-refractivity contribution in [3.63, 3.8) is 0 Å². The van der Waals surface area contributed by atoms with Gasteiger partial charge < -0.3 is 40.3 Å². The normalized spacial score (nSPS) is 21.9. The van der Waals surface area contributed by atoms with Crippen LogP contribution in [-0.4, -0.2) is 87.5 Å². The summed E-state index contributed by atoms with van der Waals surface area (Å²) in [7, 11) is 0. The van der Waals surface area contributed by atoms with E-state index in [0.29, 0.717) is 6.42 Å². The first-order valence-corrected chi connectivity index (χ1v) is 22.0. The zero-order valence-corrected chi connectivity index (χ0v) is 34.7. The Bertz CT molecular complexity index is 1040. The minimum atomic E-state index is -1.58. The Kier molecular flexibility index (Phi) is 33.5. The van der Waals surface area contributed by atoms with E-state index in [0.717, 1.165) is 44.9 Å². The largest absolute Gasteiger partial charge is 0.394 e. The summed E-state index contributed by atoms with van der Waals surface area (Å²) in [5, 5.41) is 54.0. The highest BCUT2D eigenvalue weighted by atomic mass is 16.7. The topological polar surface area (TPSA) is 149 Å². The molecule has 9 heteroatoms. The fourth-order valence-electron chi connectivity index (χ4n) is 6.50. The number of aliphatic hydroxyl groups is 5. The molecule has 1 aliphatic heterocycles. The van der Waals surface area contributed by atoms with Crippen molar-refractivity contribution >= 4 is 5.91 Å². The number of amides is 1. The molecule has 0 spiro atoms. The summed E-state index contributed by atoms with van der Waals surface area (Å²) >= 11 is 0. The lowest BCUT2D eigenvalue weighted by molar-refractivity contribution is -0.302. The third kappa shape index (κ3) is 27.2. The number of hydrogen-bond acceptors (Lipinski definition) is 8. The number of hydrogen-bond donors (Lipinski definition) is 6. The van der Waals surface area contributed by atoms with Gasteiger partial charge in [-0.1, -0.05) is 164 Å². The lowest BCUT2D eigenvalue weighted by atomic mass is 9.99. The molecule has 1 amide bonds.